The van der Waals surface area contributed by atoms with Crippen LogP contribution in [0.5, 0.6) is 11.5 Å². The fourth-order valence-electron chi connectivity index (χ4n) is 3.32. The number of ether oxygens (including phenoxy) is 3. The lowest BCUT2D eigenvalue weighted by Crippen LogP contribution is -2.22. The van der Waals surface area contributed by atoms with E-state index in [4.69, 9.17) is 24.5 Å². The fourth-order valence-corrected chi connectivity index (χ4v) is 3.32. The molecule has 0 aliphatic rings. The van der Waals surface area contributed by atoms with Crippen molar-refractivity contribution < 1.29 is 34.1 Å². The number of nitrogens with one attached hydrogen (secondary N) is 2. The molecule has 9 heteroatoms. The molecule has 35 heavy (non-hydrogen) atoms. The lowest BCUT2D eigenvalue weighted by atomic mass is 9.90. The standard InChI is InChI=1S/C26H32N2O7/c1-17(16-24(30)28-32)15-18(2)19(3)25(20-5-9-23(10-6-20)34-14-13-29)35-26(31)27-21-7-11-22(33-4)12-8-21/h5-12,15-16,19,25,29,32H,13-14H2,1-4H3,(H,27,31)(H,28,30)/b17-16+,18-15+/t19-,25-/m0/s1. The summed E-state index contributed by atoms with van der Waals surface area (Å²) in [4.78, 5) is 24.2. The highest BCUT2D eigenvalue weighted by Crippen LogP contribution is 2.33. The maximum atomic E-state index is 12.8. The third-order valence-electron chi connectivity index (χ3n) is 5.24. The third kappa shape index (κ3) is 8.80. The molecule has 2 amide bonds. The number of hydrogen-bond acceptors (Lipinski definition) is 7. The van der Waals surface area contributed by atoms with Crippen LogP contribution in [0.25, 0.3) is 0 Å². The second-order valence-electron chi connectivity index (χ2n) is 7.86. The molecule has 2 aromatic rings. The van der Waals surface area contributed by atoms with Crippen LogP contribution in [0.3, 0.4) is 0 Å². The normalized spacial score (nSPS) is 13.4. The molecule has 0 bridgehead atoms. The molecule has 9 nitrogen and oxygen atoms in total. The minimum absolute atomic E-state index is 0.0960. The van der Waals surface area contributed by atoms with E-state index in [1.165, 1.54) is 6.08 Å². The van der Waals surface area contributed by atoms with Gasteiger partial charge in [-0.2, -0.15) is 0 Å². The first-order chi connectivity index (χ1) is 16.8. The van der Waals surface area contributed by atoms with Crippen molar-refractivity contribution >= 4 is 17.7 Å². The van der Waals surface area contributed by atoms with Crippen LogP contribution in [0.15, 0.2) is 71.8 Å². The second-order valence-corrected chi connectivity index (χ2v) is 7.86. The van der Waals surface area contributed by atoms with Crippen molar-refractivity contribution in [2.24, 2.45) is 5.92 Å². The van der Waals surface area contributed by atoms with Crippen molar-refractivity contribution in [3.05, 3.63) is 77.4 Å². The predicted molar refractivity (Wildman–Crippen MR) is 131 cm³/mol. The summed E-state index contributed by atoms with van der Waals surface area (Å²) in [5, 5.41) is 20.4. The Balaban J connectivity index is 2.27. The molecule has 2 aromatic carbocycles. The van der Waals surface area contributed by atoms with Crippen molar-refractivity contribution in [2.75, 3.05) is 25.6 Å². The Hall–Kier alpha value is -3.82. The van der Waals surface area contributed by atoms with Gasteiger partial charge in [-0.1, -0.05) is 30.7 Å². The topological polar surface area (TPSA) is 126 Å². The van der Waals surface area contributed by atoms with Gasteiger partial charge in [0.05, 0.1) is 13.7 Å². The summed E-state index contributed by atoms with van der Waals surface area (Å²) in [5.41, 5.74) is 4.33. The average Bonchev–Trinajstić information content (AvgIpc) is 2.86. The molecule has 4 N–H and O–H groups in total. The van der Waals surface area contributed by atoms with E-state index < -0.39 is 18.1 Å². The van der Waals surface area contributed by atoms with Gasteiger partial charge in [0, 0.05) is 17.7 Å². The Bertz CT molecular complexity index is 1030. The van der Waals surface area contributed by atoms with Crippen molar-refractivity contribution in [2.45, 2.75) is 26.9 Å². The lowest BCUT2D eigenvalue weighted by molar-refractivity contribution is -0.124. The van der Waals surface area contributed by atoms with E-state index in [1.54, 1.807) is 74.1 Å². The molecule has 188 valence electrons. The number of rotatable bonds is 11. The zero-order chi connectivity index (χ0) is 25.8. The summed E-state index contributed by atoms with van der Waals surface area (Å²) in [7, 11) is 1.56. The molecule has 2 rings (SSSR count). The minimum Gasteiger partial charge on any atom is -0.497 e. The quantitative estimate of drug-likeness (QED) is 0.161. The van der Waals surface area contributed by atoms with E-state index >= 15 is 0 Å². The van der Waals surface area contributed by atoms with Crippen LogP contribution >= 0.6 is 0 Å². The van der Waals surface area contributed by atoms with Gasteiger partial charge in [0.1, 0.15) is 24.2 Å². The molecule has 2 atom stereocenters. The molecule has 0 saturated heterocycles. The molecule has 0 heterocycles. The minimum atomic E-state index is -0.657. The number of amides is 2. The summed E-state index contributed by atoms with van der Waals surface area (Å²) in [5.74, 6) is 0.349. The van der Waals surface area contributed by atoms with E-state index in [0.29, 0.717) is 22.8 Å². The average molecular weight is 485 g/mol. The molecule has 0 aliphatic carbocycles. The SMILES string of the molecule is COc1ccc(NC(=O)O[C@H](c2ccc(OCCO)cc2)[C@@H](C)/C(C)=C/C(C)=C/C(=O)NO)cc1. The molecule has 0 unspecified atom stereocenters. The maximum absolute atomic E-state index is 12.8. The summed E-state index contributed by atoms with van der Waals surface area (Å²) >= 11 is 0. The van der Waals surface area contributed by atoms with Crippen LogP contribution in [0.1, 0.15) is 32.4 Å². The number of hydroxylamine groups is 1. The monoisotopic (exact) mass is 484 g/mol. The van der Waals surface area contributed by atoms with E-state index in [0.717, 1.165) is 11.1 Å². The van der Waals surface area contributed by atoms with Crippen LogP contribution in [0.2, 0.25) is 0 Å². The summed E-state index contributed by atoms with van der Waals surface area (Å²) in [6, 6.07) is 13.9. The number of carbonyl (C=O) groups excluding carboxylic acids is 2. The number of carbonyl (C=O) groups is 2. The van der Waals surface area contributed by atoms with Crippen LogP contribution in [0, 0.1) is 5.92 Å². The van der Waals surface area contributed by atoms with Crippen LogP contribution in [0.4, 0.5) is 10.5 Å². The fraction of sp³-hybridized carbons (Fsp3) is 0.308. The van der Waals surface area contributed by atoms with Gasteiger partial charge in [0.15, 0.2) is 0 Å². The van der Waals surface area contributed by atoms with Crippen LogP contribution < -0.4 is 20.3 Å². The van der Waals surface area contributed by atoms with Crippen molar-refractivity contribution in [1.82, 2.24) is 5.48 Å². The molecule has 0 radical (unpaired) electrons. The molecule has 0 spiro atoms. The Morgan fingerprint density at radius 1 is 1.00 bits per heavy atom. The number of methoxy groups -OCH3 is 1. The van der Waals surface area contributed by atoms with Gasteiger partial charge in [0.2, 0.25) is 0 Å². The third-order valence-corrected chi connectivity index (χ3v) is 5.24. The van der Waals surface area contributed by atoms with Gasteiger partial charge < -0.3 is 19.3 Å². The molecule has 0 saturated carbocycles. The van der Waals surface area contributed by atoms with Crippen molar-refractivity contribution in [1.29, 1.82) is 0 Å². The van der Waals surface area contributed by atoms with Gasteiger partial charge in [0.25, 0.3) is 5.91 Å². The second kappa shape index (κ2) is 13.8. The number of aliphatic hydroxyl groups is 1. The first-order valence-corrected chi connectivity index (χ1v) is 11.0. The van der Waals surface area contributed by atoms with Gasteiger partial charge >= 0.3 is 6.09 Å². The first-order valence-electron chi connectivity index (χ1n) is 11.0. The van der Waals surface area contributed by atoms with Crippen LogP contribution in [-0.2, 0) is 9.53 Å². The zero-order valence-electron chi connectivity index (χ0n) is 20.3. The molecule has 0 aliphatic heterocycles. The molecule has 0 aromatic heterocycles. The van der Waals surface area contributed by atoms with Gasteiger partial charge in [-0.15, -0.1) is 0 Å². The zero-order valence-corrected chi connectivity index (χ0v) is 20.3. The number of hydrogen-bond donors (Lipinski definition) is 4. The van der Waals surface area contributed by atoms with E-state index in [2.05, 4.69) is 5.32 Å². The number of allylic oxidation sites excluding steroid dienone is 2. The van der Waals surface area contributed by atoms with E-state index in [1.807, 2.05) is 13.8 Å². The van der Waals surface area contributed by atoms with Crippen LogP contribution in [-0.4, -0.2) is 42.6 Å². The van der Waals surface area contributed by atoms with E-state index in [9.17, 15) is 9.59 Å². The van der Waals surface area contributed by atoms with Gasteiger partial charge in [-0.3, -0.25) is 15.3 Å². The Labute approximate surface area is 205 Å². The summed E-state index contributed by atoms with van der Waals surface area (Å²) < 4.78 is 16.4. The highest BCUT2D eigenvalue weighted by atomic mass is 16.6. The van der Waals surface area contributed by atoms with Gasteiger partial charge in [-0.05, 0) is 61.4 Å². The van der Waals surface area contributed by atoms with Gasteiger partial charge in [-0.25, -0.2) is 10.3 Å². The summed E-state index contributed by atoms with van der Waals surface area (Å²) in [6.45, 7) is 5.59. The summed E-state index contributed by atoms with van der Waals surface area (Å²) in [6.07, 6.45) is 1.76. The van der Waals surface area contributed by atoms with Crippen molar-refractivity contribution in [3.8, 4) is 11.5 Å². The molecular formula is C26H32N2O7. The molecular weight excluding hydrogens is 452 g/mol. The molecule has 0 fully saturated rings. The number of benzene rings is 2. The highest BCUT2D eigenvalue weighted by Gasteiger charge is 2.25. The predicted octanol–water partition coefficient (Wildman–Crippen LogP) is 4.39. The Kier molecular flexibility index (Phi) is 10.8. The number of aliphatic hydroxyl groups excluding tert-OH is 1. The first kappa shape index (κ1) is 27.4. The highest BCUT2D eigenvalue weighted by molar-refractivity contribution is 5.87. The lowest BCUT2D eigenvalue weighted by Gasteiger charge is -2.26. The Morgan fingerprint density at radius 3 is 2.20 bits per heavy atom. The largest absolute Gasteiger partial charge is 0.497 e. The van der Waals surface area contributed by atoms with E-state index in [-0.39, 0.29) is 19.1 Å². The maximum Gasteiger partial charge on any atom is 0.412 e. The Morgan fingerprint density at radius 2 is 1.63 bits per heavy atom. The number of anilines is 1. The smallest absolute Gasteiger partial charge is 0.412 e. The van der Waals surface area contributed by atoms with Crippen molar-refractivity contribution in [3.63, 3.8) is 0 Å².